The van der Waals surface area contributed by atoms with Gasteiger partial charge >= 0.3 is 5.63 Å². The number of fused-ring (bicyclic) bond motifs is 3. The first-order valence-electron chi connectivity index (χ1n) is 10.9. The van der Waals surface area contributed by atoms with Crippen molar-refractivity contribution in [3.63, 3.8) is 0 Å². The van der Waals surface area contributed by atoms with Crippen molar-refractivity contribution < 1.29 is 13.9 Å². The van der Waals surface area contributed by atoms with Gasteiger partial charge in [-0.1, -0.05) is 77.9 Å². The Kier molecular flexibility index (Phi) is 5.57. The van der Waals surface area contributed by atoms with Gasteiger partial charge in [0.15, 0.2) is 0 Å². The average molecular weight is 437 g/mol. The third kappa shape index (κ3) is 4.46. The van der Waals surface area contributed by atoms with E-state index in [4.69, 9.17) is 13.9 Å². The Labute approximate surface area is 192 Å². The lowest BCUT2D eigenvalue weighted by Crippen LogP contribution is -2.03. The van der Waals surface area contributed by atoms with Gasteiger partial charge in [-0.2, -0.15) is 0 Å². The second-order valence-electron chi connectivity index (χ2n) is 8.29. The molecule has 0 saturated heterocycles. The lowest BCUT2D eigenvalue weighted by atomic mass is 10.1. The molecule has 33 heavy (non-hydrogen) atoms. The summed E-state index contributed by atoms with van der Waals surface area (Å²) in [5.41, 5.74) is 4.55. The highest BCUT2D eigenvalue weighted by atomic mass is 16.5. The molecule has 0 N–H and O–H groups in total. The third-order valence-corrected chi connectivity index (χ3v) is 5.62. The first kappa shape index (κ1) is 20.8. The summed E-state index contributed by atoms with van der Waals surface area (Å²) in [7, 11) is 0. The second kappa shape index (κ2) is 8.83. The van der Waals surface area contributed by atoms with E-state index in [0.29, 0.717) is 35.7 Å². The van der Waals surface area contributed by atoms with Crippen LogP contribution in [0.1, 0.15) is 22.3 Å². The number of hydrogen-bond donors (Lipinski definition) is 0. The van der Waals surface area contributed by atoms with E-state index in [0.717, 1.165) is 21.9 Å². The van der Waals surface area contributed by atoms with Crippen molar-refractivity contribution in [2.45, 2.75) is 27.1 Å². The van der Waals surface area contributed by atoms with Crippen LogP contribution in [-0.2, 0) is 13.2 Å². The molecule has 5 aromatic rings. The van der Waals surface area contributed by atoms with Gasteiger partial charge < -0.3 is 13.9 Å². The van der Waals surface area contributed by atoms with E-state index >= 15 is 0 Å². The van der Waals surface area contributed by atoms with E-state index in [1.165, 1.54) is 11.1 Å². The first-order chi connectivity index (χ1) is 16.1. The first-order valence-corrected chi connectivity index (χ1v) is 10.9. The van der Waals surface area contributed by atoms with Crippen LogP contribution in [0.5, 0.6) is 11.5 Å². The van der Waals surface area contributed by atoms with Crippen LogP contribution < -0.4 is 15.1 Å². The van der Waals surface area contributed by atoms with Crippen molar-refractivity contribution in [1.29, 1.82) is 0 Å². The molecule has 5 rings (SSSR count). The maximum Gasteiger partial charge on any atom is 0.344 e. The van der Waals surface area contributed by atoms with Gasteiger partial charge in [-0.15, -0.1) is 0 Å². The van der Waals surface area contributed by atoms with Crippen molar-refractivity contribution >= 4 is 21.7 Å². The third-order valence-electron chi connectivity index (χ3n) is 5.62. The van der Waals surface area contributed by atoms with Crippen molar-refractivity contribution in [2.24, 2.45) is 0 Å². The maximum atomic E-state index is 12.6. The minimum Gasteiger partial charge on any atom is -0.489 e. The van der Waals surface area contributed by atoms with Gasteiger partial charge in [0.1, 0.15) is 30.3 Å². The van der Waals surface area contributed by atoms with Gasteiger partial charge in [0, 0.05) is 17.5 Å². The number of ether oxygens (including phenoxy) is 2. The number of rotatable bonds is 6. The molecule has 0 aliphatic rings. The SMILES string of the molecule is Cc1cccc(COc2cc(OCc3cccc(C)c3)c3c(c2)oc(=O)c2ccccc23)c1. The highest BCUT2D eigenvalue weighted by Gasteiger charge is 2.15. The number of hydrogen-bond acceptors (Lipinski definition) is 4. The lowest BCUT2D eigenvalue weighted by Gasteiger charge is -2.14. The van der Waals surface area contributed by atoms with Crippen LogP contribution in [-0.4, -0.2) is 0 Å². The van der Waals surface area contributed by atoms with Crippen molar-refractivity contribution in [3.8, 4) is 11.5 Å². The molecule has 1 aromatic heterocycles. The predicted octanol–water partition coefficient (Wildman–Crippen LogP) is 6.72. The van der Waals surface area contributed by atoms with Crippen LogP contribution in [0, 0.1) is 13.8 Å². The minimum atomic E-state index is -0.376. The Morgan fingerprint density at radius 3 is 2.00 bits per heavy atom. The minimum absolute atomic E-state index is 0.376. The quantitative estimate of drug-likeness (QED) is 0.219. The van der Waals surface area contributed by atoms with E-state index in [9.17, 15) is 4.79 Å². The van der Waals surface area contributed by atoms with Crippen LogP contribution in [0.15, 0.2) is 94.1 Å². The molecule has 1 heterocycles. The fourth-order valence-corrected chi connectivity index (χ4v) is 4.07. The Hall–Kier alpha value is -4.05. The fourth-order valence-electron chi connectivity index (χ4n) is 4.07. The molecule has 0 atom stereocenters. The molecule has 4 nitrogen and oxygen atoms in total. The highest BCUT2D eigenvalue weighted by molar-refractivity contribution is 6.08. The van der Waals surface area contributed by atoms with Crippen LogP contribution in [0.25, 0.3) is 21.7 Å². The Morgan fingerprint density at radius 2 is 1.33 bits per heavy atom. The molecule has 0 amide bonds. The molecule has 0 aliphatic heterocycles. The molecule has 0 aliphatic carbocycles. The van der Waals surface area contributed by atoms with E-state index < -0.39 is 0 Å². The molecule has 0 bridgehead atoms. The zero-order valence-corrected chi connectivity index (χ0v) is 18.6. The lowest BCUT2D eigenvalue weighted by molar-refractivity contribution is 0.292. The zero-order chi connectivity index (χ0) is 22.8. The maximum absolute atomic E-state index is 12.6. The van der Waals surface area contributed by atoms with Crippen molar-refractivity contribution in [1.82, 2.24) is 0 Å². The number of aryl methyl sites for hydroxylation is 2. The summed E-state index contributed by atoms with van der Waals surface area (Å²) in [4.78, 5) is 12.6. The average Bonchev–Trinajstić information content (AvgIpc) is 2.81. The summed E-state index contributed by atoms with van der Waals surface area (Å²) in [6.45, 7) is 4.91. The molecule has 164 valence electrons. The van der Waals surface area contributed by atoms with Gasteiger partial charge in [-0.3, -0.25) is 0 Å². The van der Waals surface area contributed by atoms with E-state index in [1.54, 1.807) is 12.1 Å². The van der Waals surface area contributed by atoms with Gasteiger partial charge in [-0.25, -0.2) is 4.79 Å². The largest absolute Gasteiger partial charge is 0.489 e. The molecular formula is C29H24O4. The van der Waals surface area contributed by atoms with Crippen LogP contribution in [0.4, 0.5) is 0 Å². The Balaban J connectivity index is 1.57. The molecule has 0 radical (unpaired) electrons. The number of benzene rings is 4. The van der Waals surface area contributed by atoms with E-state index in [2.05, 4.69) is 38.1 Å². The molecule has 0 saturated carbocycles. The fraction of sp³-hybridized carbons (Fsp3) is 0.138. The zero-order valence-electron chi connectivity index (χ0n) is 18.6. The van der Waals surface area contributed by atoms with E-state index in [-0.39, 0.29) is 5.63 Å². The summed E-state index contributed by atoms with van der Waals surface area (Å²) < 4.78 is 18.0. The highest BCUT2D eigenvalue weighted by Crippen LogP contribution is 2.36. The molecule has 0 unspecified atom stereocenters. The van der Waals surface area contributed by atoms with Gasteiger partial charge in [0.05, 0.1) is 10.8 Å². The summed E-state index contributed by atoms with van der Waals surface area (Å²) in [5, 5.41) is 2.09. The molecule has 4 heteroatoms. The van der Waals surface area contributed by atoms with Gasteiger partial charge in [0.2, 0.25) is 0 Å². The molecular weight excluding hydrogens is 412 g/mol. The molecule has 0 spiro atoms. The Bertz CT molecular complexity index is 1510. The Morgan fingerprint density at radius 1 is 0.697 bits per heavy atom. The van der Waals surface area contributed by atoms with E-state index in [1.807, 2.05) is 48.5 Å². The van der Waals surface area contributed by atoms with Crippen LogP contribution in [0.3, 0.4) is 0 Å². The van der Waals surface area contributed by atoms with Crippen molar-refractivity contribution in [3.05, 3.63) is 118 Å². The van der Waals surface area contributed by atoms with Gasteiger partial charge in [-0.05, 0) is 31.0 Å². The summed E-state index contributed by atoms with van der Waals surface area (Å²) in [6, 6.07) is 27.4. The predicted molar refractivity (Wildman–Crippen MR) is 131 cm³/mol. The van der Waals surface area contributed by atoms with Crippen LogP contribution >= 0.6 is 0 Å². The summed E-state index contributed by atoms with van der Waals surface area (Å²) in [5.74, 6) is 1.20. The van der Waals surface area contributed by atoms with Crippen molar-refractivity contribution in [2.75, 3.05) is 0 Å². The monoisotopic (exact) mass is 436 g/mol. The molecule has 0 fully saturated rings. The van der Waals surface area contributed by atoms with Gasteiger partial charge in [0.25, 0.3) is 0 Å². The van der Waals surface area contributed by atoms with Crippen LogP contribution in [0.2, 0.25) is 0 Å². The topological polar surface area (TPSA) is 48.7 Å². The summed E-state index contributed by atoms with van der Waals surface area (Å²) >= 11 is 0. The normalized spacial score (nSPS) is 11.1. The second-order valence-corrected chi connectivity index (χ2v) is 8.29. The summed E-state index contributed by atoms with van der Waals surface area (Å²) in [6.07, 6.45) is 0. The standard InChI is InChI=1S/C29H24O4/c1-19-7-5-9-21(13-19)17-31-23-15-26(32-18-22-10-6-8-20(2)14-22)28-24-11-3-4-12-25(24)29(30)33-27(28)16-23/h3-16H,17-18H2,1-2H3. The smallest absolute Gasteiger partial charge is 0.344 e. The molecule has 4 aromatic carbocycles.